The third-order valence-electron chi connectivity index (χ3n) is 4.72. The highest BCUT2D eigenvalue weighted by molar-refractivity contribution is 5.27. The molecule has 0 spiro atoms. The second kappa shape index (κ2) is 7.21. The van der Waals surface area contributed by atoms with Crippen molar-refractivity contribution < 1.29 is 4.39 Å². The van der Waals surface area contributed by atoms with E-state index in [4.69, 9.17) is 0 Å². The molecule has 0 aromatic heterocycles. The smallest absolute Gasteiger partial charge is 0.123 e. The van der Waals surface area contributed by atoms with E-state index in [-0.39, 0.29) is 5.82 Å². The Hall–Kier alpha value is -0.890. The maximum Gasteiger partial charge on any atom is 0.123 e. The van der Waals surface area contributed by atoms with Crippen molar-refractivity contribution in [1.29, 1.82) is 0 Å². The van der Waals surface area contributed by atoms with E-state index in [1.807, 2.05) is 6.92 Å². The van der Waals surface area contributed by atoms with Crippen LogP contribution in [0.25, 0.3) is 0 Å². The van der Waals surface area contributed by atoms with Gasteiger partial charge in [-0.25, -0.2) is 4.39 Å². The molecule has 112 valence electrons. The maximum absolute atomic E-state index is 13.7. The van der Waals surface area contributed by atoms with Crippen LogP contribution in [0.5, 0.6) is 0 Å². The number of aryl methyl sites for hydroxylation is 1. The number of hydrogen-bond donors (Lipinski definition) is 1. The molecule has 0 amide bonds. The lowest BCUT2D eigenvalue weighted by Gasteiger charge is -2.35. The van der Waals surface area contributed by atoms with Crippen molar-refractivity contribution in [2.45, 2.75) is 58.9 Å². The summed E-state index contributed by atoms with van der Waals surface area (Å²) in [5.74, 6) is 1.39. The van der Waals surface area contributed by atoms with Crippen LogP contribution >= 0.6 is 0 Å². The van der Waals surface area contributed by atoms with Gasteiger partial charge in [0.2, 0.25) is 0 Å². The monoisotopic (exact) mass is 277 g/mol. The third kappa shape index (κ3) is 3.82. The van der Waals surface area contributed by atoms with Crippen LogP contribution < -0.4 is 5.32 Å². The standard InChI is InChI=1S/C18H28FN/c1-4-14-7-6-8-15(11-14)18(20-5-2)16-9-13(3)10-17(19)12-16/h9-10,12,14-15,18,20H,4-8,11H2,1-3H3. The summed E-state index contributed by atoms with van der Waals surface area (Å²) in [5, 5.41) is 3.60. The fourth-order valence-electron chi connectivity index (χ4n) is 3.73. The van der Waals surface area contributed by atoms with Gasteiger partial charge in [0.25, 0.3) is 0 Å². The molecule has 20 heavy (non-hydrogen) atoms. The second-order valence-corrected chi connectivity index (χ2v) is 6.30. The van der Waals surface area contributed by atoms with E-state index in [1.165, 1.54) is 32.1 Å². The van der Waals surface area contributed by atoms with Gasteiger partial charge in [0, 0.05) is 6.04 Å². The van der Waals surface area contributed by atoms with E-state index < -0.39 is 0 Å². The lowest BCUT2D eigenvalue weighted by molar-refractivity contribution is 0.210. The van der Waals surface area contributed by atoms with Crippen LogP contribution in [-0.2, 0) is 0 Å². The van der Waals surface area contributed by atoms with Crippen LogP contribution in [0.4, 0.5) is 4.39 Å². The van der Waals surface area contributed by atoms with Crippen LogP contribution in [0, 0.1) is 24.6 Å². The van der Waals surface area contributed by atoms with E-state index in [1.54, 1.807) is 12.1 Å². The van der Waals surface area contributed by atoms with Gasteiger partial charge < -0.3 is 5.32 Å². The van der Waals surface area contributed by atoms with Crippen LogP contribution in [0.3, 0.4) is 0 Å². The molecule has 1 aliphatic carbocycles. The van der Waals surface area contributed by atoms with Crippen molar-refractivity contribution in [1.82, 2.24) is 5.32 Å². The molecule has 2 heteroatoms. The lowest BCUT2D eigenvalue weighted by atomic mass is 9.75. The Labute approximate surface area is 123 Å². The van der Waals surface area contributed by atoms with Crippen LogP contribution in [-0.4, -0.2) is 6.54 Å². The van der Waals surface area contributed by atoms with Crippen molar-refractivity contribution >= 4 is 0 Å². The summed E-state index contributed by atoms with van der Waals surface area (Å²) in [6, 6.07) is 5.79. The van der Waals surface area contributed by atoms with Crippen molar-refractivity contribution in [2.24, 2.45) is 11.8 Å². The van der Waals surface area contributed by atoms with Gasteiger partial charge in [-0.15, -0.1) is 0 Å². The molecule has 1 fully saturated rings. The van der Waals surface area contributed by atoms with Gasteiger partial charge in [-0.3, -0.25) is 0 Å². The highest BCUT2D eigenvalue weighted by atomic mass is 19.1. The summed E-state index contributed by atoms with van der Waals surface area (Å²) in [6.45, 7) is 7.35. The molecule has 1 aromatic carbocycles. The molecule has 1 nitrogen and oxygen atoms in total. The Bertz CT molecular complexity index is 409. The van der Waals surface area contributed by atoms with Crippen LogP contribution in [0.1, 0.15) is 63.1 Å². The van der Waals surface area contributed by atoms with E-state index in [2.05, 4.69) is 25.2 Å². The summed E-state index contributed by atoms with van der Waals surface area (Å²) >= 11 is 0. The first kappa shape index (κ1) is 15.5. The number of hydrogen-bond acceptors (Lipinski definition) is 1. The fourth-order valence-corrected chi connectivity index (χ4v) is 3.73. The summed E-state index contributed by atoms with van der Waals surface area (Å²) in [6.07, 6.45) is 6.51. The van der Waals surface area contributed by atoms with Crippen molar-refractivity contribution in [3.63, 3.8) is 0 Å². The largest absolute Gasteiger partial charge is 0.310 e. The molecule has 0 bridgehead atoms. The quantitative estimate of drug-likeness (QED) is 0.798. The average molecular weight is 277 g/mol. The zero-order valence-electron chi connectivity index (χ0n) is 13.1. The first-order valence-electron chi connectivity index (χ1n) is 8.14. The van der Waals surface area contributed by atoms with Crippen LogP contribution in [0.2, 0.25) is 0 Å². The molecule has 0 radical (unpaired) electrons. The molecular weight excluding hydrogens is 249 g/mol. The fraction of sp³-hybridized carbons (Fsp3) is 0.667. The normalized spacial score (nSPS) is 24.6. The van der Waals surface area contributed by atoms with E-state index in [9.17, 15) is 4.39 Å². The van der Waals surface area contributed by atoms with E-state index >= 15 is 0 Å². The maximum atomic E-state index is 13.7. The summed E-state index contributed by atoms with van der Waals surface area (Å²) in [4.78, 5) is 0. The van der Waals surface area contributed by atoms with Gasteiger partial charge >= 0.3 is 0 Å². The highest BCUT2D eigenvalue weighted by Gasteiger charge is 2.28. The molecule has 0 saturated heterocycles. The van der Waals surface area contributed by atoms with Gasteiger partial charge in [-0.1, -0.05) is 39.2 Å². The van der Waals surface area contributed by atoms with Gasteiger partial charge in [-0.2, -0.15) is 0 Å². The molecule has 0 heterocycles. The predicted octanol–water partition coefficient (Wildman–Crippen LogP) is 5.00. The van der Waals surface area contributed by atoms with Crippen molar-refractivity contribution in [3.8, 4) is 0 Å². The predicted molar refractivity (Wildman–Crippen MR) is 83.3 cm³/mol. The Morgan fingerprint density at radius 1 is 1.25 bits per heavy atom. The Kier molecular flexibility index (Phi) is 5.59. The molecule has 1 aliphatic rings. The first-order valence-corrected chi connectivity index (χ1v) is 8.14. The SMILES string of the molecule is CCNC(c1cc(C)cc(F)c1)C1CCCC(CC)C1. The van der Waals surface area contributed by atoms with Crippen LogP contribution in [0.15, 0.2) is 18.2 Å². The number of halogens is 1. The average Bonchev–Trinajstić information content (AvgIpc) is 2.43. The Morgan fingerprint density at radius 2 is 2.05 bits per heavy atom. The number of benzene rings is 1. The third-order valence-corrected chi connectivity index (χ3v) is 4.72. The van der Waals surface area contributed by atoms with Gasteiger partial charge in [-0.05, 0) is 61.4 Å². The molecule has 3 atom stereocenters. The number of nitrogens with one attached hydrogen (secondary N) is 1. The molecule has 1 aromatic rings. The topological polar surface area (TPSA) is 12.0 Å². The summed E-state index contributed by atoms with van der Waals surface area (Å²) in [5.41, 5.74) is 2.15. The van der Waals surface area contributed by atoms with E-state index in [0.29, 0.717) is 12.0 Å². The van der Waals surface area contributed by atoms with Gasteiger partial charge in [0.05, 0.1) is 0 Å². The van der Waals surface area contributed by atoms with Crippen molar-refractivity contribution in [2.75, 3.05) is 6.54 Å². The minimum absolute atomic E-state index is 0.106. The molecule has 3 unspecified atom stereocenters. The molecular formula is C18H28FN. The Balaban J connectivity index is 2.21. The highest BCUT2D eigenvalue weighted by Crippen LogP contribution is 2.38. The minimum Gasteiger partial charge on any atom is -0.310 e. The summed E-state index contributed by atoms with van der Waals surface area (Å²) in [7, 11) is 0. The molecule has 1 saturated carbocycles. The Morgan fingerprint density at radius 3 is 2.70 bits per heavy atom. The van der Waals surface area contributed by atoms with Gasteiger partial charge in [0.1, 0.15) is 5.82 Å². The van der Waals surface area contributed by atoms with Gasteiger partial charge in [0.15, 0.2) is 0 Å². The number of rotatable bonds is 5. The minimum atomic E-state index is -0.106. The van der Waals surface area contributed by atoms with E-state index in [0.717, 1.165) is 23.6 Å². The summed E-state index contributed by atoms with van der Waals surface area (Å²) < 4.78 is 13.7. The lowest BCUT2D eigenvalue weighted by Crippen LogP contribution is -2.31. The zero-order valence-corrected chi connectivity index (χ0v) is 13.1. The first-order chi connectivity index (χ1) is 9.63. The molecule has 0 aliphatic heterocycles. The molecule has 2 rings (SSSR count). The molecule has 1 N–H and O–H groups in total. The zero-order chi connectivity index (χ0) is 14.5. The second-order valence-electron chi connectivity index (χ2n) is 6.30. The van der Waals surface area contributed by atoms with Crippen molar-refractivity contribution in [3.05, 3.63) is 35.1 Å².